The highest BCUT2D eigenvalue weighted by Gasteiger charge is 2.49. The number of amidine groups is 1. The molecule has 7 heteroatoms. The summed E-state index contributed by atoms with van der Waals surface area (Å²) in [5.41, 5.74) is -1.13. The van der Waals surface area contributed by atoms with Gasteiger partial charge in [0.2, 0.25) is 0 Å². The van der Waals surface area contributed by atoms with Crippen LogP contribution in [0.3, 0.4) is 0 Å². The molecule has 1 spiro atoms. The van der Waals surface area contributed by atoms with Crippen molar-refractivity contribution in [2.24, 2.45) is 0 Å². The summed E-state index contributed by atoms with van der Waals surface area (Å²) >= 11 is 0. The summed E-state index contributed by atoms with van der Waals surface area (Å²) in [4.78, 5) is 13.4. The Morgan fingerprint density at radius 1 is 1.09 bits per heavy atom. The zero-order chi connectivity index (χ0) is 16.0. The van der Waals surface area contributed by atoms with Crippen LogP contribution in [0.4, 0.5) is 23.7 Å². The summed E-state index contributed by atoms with van der Waals surface area (Å²) in [5.74, 6) is 0.136. The van der Waals surface area contributed by atoms with E-state index in [0.717, 1.165) is 31.4 Å². The molecule has 0 atom stereocenters. The largest absolute Gasteiger partial charge is 0.416 e. The molecule has 1 saturated carbocycles. The van der Waals surface area contributed by atoms with Crippen LogP contribution in [0.2, 0.25) is 0 Å². The summed E-state index contributed by atoms with van der Waals surface area (Å²) < 4.78 is 37.8. The van der Waals surface area contributed by atoms with Crippen LogP contribution < -0.4 is 10.2 Å². The molecule has 118 valence electrons. The molecule has 2 aliphatic rings. The second kappa shape index (κ2) is 5.00. The minimum Gasteiger partial charge on any atom is -0.325 e. The molecule has 0 bridgehead atoms. The van der Waals surface area contributed by atoms with Gasteiger partial charge in [-0.15, -0.1) is 0 Å². The van der Waals surface area contributed by atoms with Crippen LogP contribution in [0.15, 0.2) is 24.3 Å². The smallest absolute Gasteiger partial charge is 0.325 e. The molecule has 0 radical (unpaired) electrons. The Bertz CT molecular complexity index is 603. The van der Waals surface area contributed by atoms with Gasteiger partial charge in [-0.25, -0.2) is 9.69 Å². The van der Waals surface area contributed by atoms with Crippen molar-refractivity contribution in [1.82, 2.24) is 5.32 Å². The summed E-state index contributed by atoms with van der Waals surface area (Å²) in [6.45, 7) is 0. The number of nitrogens with one attached hydrogen (secondary N) is 2. The lowest BCUT2D eigenvalue weighted by molar-refractivity contribution is -0.137. The fourth-order valence-electron chi connectivity index (χ4n) is 3.20. The van der Waals surface area contributed by atoms with Gasteiger partial charge in [-0.1, -0.05) is 19.3 Å². The maximum absolute atomic E-state index is 12.6. The van der Waals surface area contributed by atoms with Crippen LogP contribution in [0, 0.1) is 5.41 Å². The number of carbonyl (C=O) groups excluding carboxylic acids is 1. The average Bonchev–Trinajstić information content (AvgIpc) is 2.70. The molecule has 22 heavy (non-hydrogen) atoms. The normalized spacial score (nSPS) is 21.3. The lowest BCUT2D eigenvalue weighted by atomic mass is 9.81. The van der Waals surface area contributed by atoms with Gasteiger partial charge in [-0.2, -0.15) is 13.2 Å². The SMILES string of the molecule is N=C1N(c2ccc(C(F)(F)F)cc2)C(=O)NC12CCCCC2. The third kappa shape index (κ3) is 2.34. The second-order valence-corrected chi connectivity index (χ2v) is 5.80. The number of nitrogens with zero attached hydrogens (tertiary/aromatic N) is 1. The van der Waals surface area contributed by atoms with Crippen LogP contribution in [-0.2, 0) is 6.18 Å². The molecule has 1 aliphatic heterocycles. The number of anilines is 1. The number of amides is 2. The van der Waals surface area contributed by atoms with Crippen molar-refractivity contribution < 1.29 is 18.0 Å². The van der Waals surface area contributed by atoms with Gasteiger partial charge in [-0.3, -0.25) is 5.41 Å². The van der Waals surface area contributed by atoms with E-state index in [-0.39, 0.29) is 11.5 Å². The van der Waals surface area contributed by atoms with E-state index in [2.05, 4.69) is 5.32 Å². The van der Waals surface area contributed by atoms with E-state index in [1.165, 1.54) is 17.0 Å². The highest BCUT2D eigenvalue weighted by atomic mass is 19.4. The second-order valence-electron chi connectivity index (χ2n) is 5.80. The molecule has 1 aromatic carbocycles. The Labute approximate surface area is 125 Å². The molecule has 3 rings (SSSR count). The van der Waals surface area contributed by atoms with Crippen molar-refractivity contribution >= 4 is 17.6 Å². The molecule has 4 nitrogen and oxygen atoms in total. The predicted octanol–water partition coefficient (Wildman–Crippen LogP) is 3.92. The zero-order valence-electron chi connectivity index (χ0n) is 11.8. The van der Waals surface area contributed by atoms with Gasteiger partial charge in [-0.05, 0) is 37.1 Å². The first-order valence-corrected chi connectivity index (χ1v) is 7.22. The van der Waals surface area contributed by atoms with Crippen molar-refractivity contribution in [3.05, 3.63) is 29.8 Å². The molecule has 1 heterocycles. The van der Waals surface area contributed by atoms with Gasteiger partial charge >= 0.3 is 12.2 Å². The Morgan fingerprint density at radius 3 is 2.23 bits per heavy atom. The maximum atomic E-state index is 12.6. The van der Waals surface area contributed by atoms with Crippen molar-refractivity contribution in [2.45, 2.75) is 43.8 Å². The fourth-order valence-corrected chi connectivity index (χ4v) is 3.20. The van der Waals surface area contributed by atoms with Crippen molar-refractivity contribution in [2.75, 3.05) is 4.90 Å². The van der Waals surface area contributed by atoms with E-state index in [1.54, 1.807) is 0 Å². The Hall–Kier alpha value is -2.05. The van der Waals surface area contributed by atoms with Crippen molar-refractivity contribution in [1.29, 1.82) is 5.41 Å². The Morgan fingerprint density at radius 2 is 1.68 bits per heavy atom. The maximum Gasteiger partial charge on any atom is 0.416 e. The van der Waals surface area contributed by atoms with Crippen LogP contribution >= 0.6 is 0 Å². The number of hydrogen-bond donors (Lipinski definition) is 2. The molecule has 1 aliphatic carbocycles. The molecular weight excluding hydrogens is 295 g/mol. The monoisotopic (exact) mass is 311 g/mol. The molecule has 2 N–H and O–H groups in total. The molecule has 2 fully saturated rings. The third-order valence-electron chi connectivity index (χ3n) is 4.39. The minimum absolute atomic E-state index is 0.136. The first-order chi connectivity index (χ1) is 10.3. The standard InChI is InChI=1S/C15H16F3N3O/c16-15(17,18)10-4-6-11(7-5-10)21-12(19)14(20-13(21)22)8-2-1-3-9-14/h4-7,19H,1-3,8-9H2,(H,20,22). The van der Waals surface area contributed by atoms with E-state index >= 15 is 0 Å². The highest BCUT2D eigenvalue weighted by molar-refractivity contribution is 6.24. The number of rotatable bonds is 1. The Balaban J connectivity index is 1.88. The molecule has 2 amide bonds. The molecule has 0 unspecified atom stereocenters. The lowest BCUT2D eigenvalue weighted by Gasteiger charge is -2.32. The van der Waals surface area contributed by atoms with E-state index < -0.39 is 23.3 Å². The molecular formula is C15H16F3N3O. The number of hydrogen-bond acceptors (Lipinski definition) is 2. The van der Waals surface area contributed by atoms with Crippen LogP contribution in [-0.4, -0.2) is 17.4 Å². The summed E-state index contributed by atoms with van der Waals surface area (Å²) in [6, 6.07) is 3.90. The third-order valence-corrected chi connectivity index (χ3v) is 4.39. The number of alkyl halides is 3. The molecule has 1 aromatic rings. The van der Waals surface area contributed by atoms with Gasteiger partial charge in [0.25, 0.3) is 0 Å². The van der Waals surface area contributed by atoms with E-state index in [4.69, 9.17) is 5.41 Å². The number of benzene rings is 1. The van der Waals surface area contributed by atoms with Gasteiger partial charge in [0.05, 0.1) is 16.8 Å². The summed E-state index contributed by atoms with van der Waals surface area (Å²) in [7, 11) is 0. The van der Waals surface area contributed by atoms with Crippen LogP contribution in [0.25, 0.3) is 0 Å². The molecule has 1 saturated heterocycles. The van der Waals surface area contributed by atoms with Crippen molar-refractivity contribution in [3.8, 4) is 0 Å². The minimum atomic E-state index is -4.41. The van der Waals surface area contributed by atoms with Gasteiger partial charge in [0.15, 0.2) is 0 Å². The van der Waals surface area contributed by atoms with E-state index in [9.17, 15) is 18.0 Å². The van der Waals surface area contributed by atoms with Gasteiger partial charge in [0.1, 0.15) is 5.84 Å². The zero-order valence-corrected chi connectivity index (χ0v) is 11.8. The average molecular weight is 311 g/mol. The number of urea groups is 1. The Kier molecular flexibility index (Phi) is 3.38. The predicted molar refractivity (Wildman–Crippen MR) is 76.0 cm³/mol. The van der Waals surface area contributed by atoms with Crippen LogP contribution in [0.5, 0.6) is 0 Å². The van der Waals surface area contributed by atoms with Gasteiger partial charge in [0, 0.05) is 0 Å². The first-order valence-electron chi connectivity index (χ1n) is 7.22. The van der Waals surface area contributed by atoms with Crippen molar-refractivity contribution in [3.63, 3.8) is 0 Å². The topological polar surface area (TPSA) is 56.2 Å². The first kappa shape index (κ1) is 14.9. The number of halogens is 3. The lowest BCUT2D eigenvalue weighted by Crippen LogP contribution is -2.48. The van der Waals surface area contributed by atoms with Crippen LogP contribution in [0.1, 0.15) is 37.7 Å². The van der Waals surface area contributed by atoms with Gasteiger partial charge < -0.3 is 5.32 Å². The summed E-state index contributed by atoms with van der Waals surface area (Å²) in [5, 5.41) is 11.2. The molecule has 0 aromatic heterocycles. The fraction of sp³-hybridized carbons (Fsp3) is 0.467. The van der Waals surface area contributed by atoms with E-state index in [1.807, 2.05) is 0 Å². The quantitative estimate of drug-likeness (QED) is 0.811. The number of carbonyl (C=O) groups is 1. The van der Waals surface area contributed by atoms with E-state index in [0.29, 0.717) is 12.8 Å². The summed E-state index contributed by atoms with van der Waals surface area (Å²) in [6.07, 6.45) is -0.0640. The highest BCUT2D eigenvalue weighted by Crippen LogP contribution is 2.37.